The van der Waals surface area contributed by atoms with Gasteiger partial charge < -0.3 is 9.64 Å². The van der Waals surface area contributed by atoms with Gasteiger partial charge in [-0.3, -0.25) is 9.78 Å². The van der Waals surface area contributed by atoms with Crippen LogP contribution < -0.4 is 4.74 Å². The van der Waals surface area contributed by atoms with E-state index in [4.69, 9.17) is 4.74 Å². The summed E-state index contributed by atoms with van der Waals surface area (Å²) in [6, 6.07) is 1.97. The number of allylic oxidation sites excluding steroid dienone is 6. The summed E-state index contributed by atoms with van der Waals surface area (Å²) in [6.45, 7) is 2.03. The van der Waals surface area contributed by atoms with Crippen LogP contribution in [0.4, 0.5) is 0 Å². The van der Waals surface area contributed by atoms with Crippen molar-refractivity contribution in [3.8, 4) is 5.75 Å². The molecular weight excluding hydrogens is 372 g/mol. The van der Waals surface area contributed by atoms with Gasteiger partial charge in [0.2, 0.25) is 0 Å². The number of pyridine rings is 1. The molecule has 0 N–H and O–H groups in total. The van der Waals surface area contributed by atoms with Crippen LogP contribution in [0.1, 0.15) is 62.6 Å². The van der Waals surface area contributed by atoms with E-state index >= 15 is 0 Å². The lowest BCUT2D eigenvalue weighted by atomic mass is 9.82. The van der Waals surface area contributed by atoms with Crippen LogP contribution in [-0.4, -0.2) is 35.9 Å². The number of hydrogen-bond donors (Lipinski definition) is 0. The van der Waals surface area contributed by atoms with E-state index in [1.807, 2.05) is 12.3 Å². The first-order valence-electron chi connectivity index (χ1n) is 11.6. The van der Waals surface area contributed by atoms with Crippen molar-refractivity contribution in [2.75, 3.05) is 20.2 Å². The fourth-order valence-electron chi connectivity index (χ4n) is 5.22. The quantitative estimate of drug-likeness (QED) is 0.602. The predicted octanol–water partition coefficient (Wildman–Crippen LogP) is 5.19. The van der Waals surface area contributed by atoms with Crippen LogP contribution in [0.25, 0.3) is 0 Å². The molecule has 30 heavy (non-hydrogen) atoms. The third-order valence-corrected chi connectivity index (χ3v) is 6.71. The fraction of sp³-hybridized carbons (Fsp3) is 0.538. The summed E-state index contributed by atoms with van der Waals surface area (Å²) in [6.07, 6.45) is 20.8. The van der Waals surface area contributed by atoms with Crippen molar-refractivity contribution in [2.45, 2.75) is 64.2 Å². The van der Waals surface area contributed by atoms with Crippen molar-refractivity contribution >= 4 is 5.78 Å². The number of Topliss-reactive ketones (excluding diaryl/α,β-unsaturated/α-hetero) is 1. The van der Waals surface area contributed by atoms with Crippen molar-refractivity contribution in [3.05, 3.63) is 59.1 Å². The number of methoxy groups -OCH3 is 1. The predicted molar refractivity (Wildman–Crippen MR) is 121 cm³/mol. The van der Waals surface area contributed by atoms with Crippen molar-refractivity contribution in [1.29, 1.82) is 0 Å². The maximum absolute atomic E-state index is 12.8. The first kappa shape index (κ1) is 20.9. The molecule has 2 aliphatic heterocycles. The molecule has 1 saturated heterocycles. The van der Waals surface area contributed by atoms with Crippen LogP contribution >= 0.6 is 0 Å². The van der Waals surface area contributed by atoms with Crippen molar-refractivity contribution in [3.63, 3.8) is 0 Å². The smallest absolute Gasteiger partial charge is 0.162 e. The molecule has 1 atom stereocenters. The van der Waals surface area contributed by atoms with Crippen LogP contribution in [0.3, 0.4) is 0 Å². The molecular formula is C26H34N2O2. The minimum atomic E-state index is 0.386. The Morgan fingerprint density at radius 1 is 1.00 bits per heavy atom. The Balaban J connectivity index is 1.58. The van der Waals surface area contributed by atoms with Gasteiger partial charge in [-0.05, 0) is 63.9 Å². The molecule has 4 heteroatoms. The van der Waals surface area contributed by atoms with E-state index in [1.54, 1.807) is 7.11 Å². The van der Waals surface area contributed by atoms with E-state index in [1.165, 1.54) is 24.1 Å². The first-order valence-corrected chi connectivity index (χ1v) is 11.6. The van der Waals surface area contributed by atoms with E-state index < -0.39 is 0 Å². The van der Waals surface area contributed by atoms with Crippen LogP contribution in [0.2, 0.25) is 0 Å². The highest BCUT2D eigenvalue weighted by Gasteiger charge is 2.32. The molecule has 0 saturated carbocycles. The van der Waals surface area contributed by atoms with E-state index in [-0.39, 0.29) is 0 Å². The van der Waals surface area contributed by atoms with Gasteiger partial charge in [-0.25, -0.2) is 0 Å². The number of fused-ring (bicyclic) bond motifs is 1. The highest BCUT2D eigenvalue weighted by atomic mass is 16.5. The number of aryl methyl sites for hydroxylation is 1. The van der Waals surface area contributed by atoms with Gasteiger partial charge in [0.1, 0.15) is 5.75 Å². The highest BCUT2D eigenvalue weighted by Crippen LogP contribution is 2.37. The minimum Gasteiger partial charge on any atom is -0.496 e. The Hall–Kier alpha value is -2.36. The Labute approximate surface area is 180 Å². The largest absolute Gasteiger partial charge is 0.496 e. The summed E-state index contributed by atoms with van der Waals surface area (Å²) in [5.74, 6) is 1.84. The molecule has 4 nitrogen and oxygen atoms in total. The SMILES string of the molecule is COc1ccnc2c1CC/C=C/CC1CCCN3CCC(=O)C(=C13)CC/C=C/CC2. The maximum atomic E-state index is 12.8. The zero-order valence-electron chi connectivity index (χ0n) is 18.2. The molecule has 160 valence electrons. The Morgan fingerprint density at radius 3 is 2.67 bits per heavy atom. The molecule has 3 aliphatic rings. The highest BCUT2D eigenvalue weighted by molar-refractivity contribution is 5.97. The van der Waals surface area contributed by atoms with Gasteiger partial charge in [0, 0.05) is 54.2 Å². The summed E-state index contributed by atoms with van der Waals surface area (Å²) in [5, 5.41) is 0. The molecule has 1 aromatic heterocycles. The van der Waals surface area contributed by atoms with Gasteiger partial charge >= 0.3 is 0 Å². The molecule has 0 amide bonds. The lowest BCUT2D eigenvalue weighted by Crippen LogP contribution is -2.40. The van der Waals surface area contributed by atoms with Crippen LogP contribution in [0.15, 0.2) is 47.8 Å². The summed E-state index contributed by atoms with van der Waals surface area (Å²) in [7, 11) is 1.75. The van der Waals surface area contributed by atoms with Gasteiger partial charge in [0.05, 0.1) is 7.11 Å². The zero-order chi connectivity index (χ0) is 20.8. The van der Waals surface area contributed by atoms with Crippen LogP contribution in [-0.2, 0) is 17.6 Å². The van der Waals surface area contributed by atoms with E-state index in [2.05, 4.69) is 34.2 Å². The average Bonchev–Trinajstić information content (AvgIpc) is 2.76. The van der Waals surface area contributed by atoms with Gasteiger partial charge in [0.15, 0.2) is 5.78 Å². The second-order valence-corrected chi connectivity index (χ2v) is 8.60. The summed E-state index contributed by atoms with van der Waals surface area (Å²) >= 11 is 0. The molecule has 1 aromatic rings. The lowest BCUT2D eigenvalue weighted by Gasteiger charge is -2.41. The van der Waals surface area contributed by atoms with Crippen LogP contribution in [0.5, 0.6) is 5.75 Å². The number of aromatic nitrogens is 1. The number of ether oxygens (including phenoxy) is 1. The maximum Gasteiger partial charge on any atom is 0.162 e. The Morgan fingerprint density at radius 2 is 1.80 bits per heavy atom. The fourth-order valence-corrected chi connectivity index (χ4v) is 5.22. The molecule has 1 aliphatic carbocycles. The number of ketones is 1. The molecule has 0 spiro atoms. The van der Waals surface area contributed by atoms with Gasteiger partial charge in [-0.15, -0.1) is 0 Å². The number of piperidine rings is 1. The second-order valence-electron chi connectivity index (χ2n) is 8.60. The second kappa shape index (κ2) is 10.1. The molecule has 1 fully saturated rings. The summed E-state index contributed by atoms with van der Waals surface area (Å²) in [4.78, 5) is 19.9. The summed E-state index contributed by atoms with van der Waals surface area (Å²) in [5.41, 5.74) is 4.89. The zero-order valence-corrected chi connectivity index (χ0v) is 18.2. The summed E-state index contributed by atoms with van der Waals surface area (Å²) < 4.78 is 5.62. The van der Waals surface area contributed by atoms with E-state index in [0.29, 0.717) is 18.1 Å². The number of carbonyl (C=O) groups is 1. The Kier molecular flexibility index (Phi) is 7.03. The van der Waals surface area contributed by atoms with Crippen molar-refractivity contribution in [2.24, 2.45) is 5.92 Å². The third kappa shape index (κ3) is 4.69. The van der Waals surface area contributed by atoms with Gasteiger partial charge in [-0.1, -0.05) is 24.3 Å². The van der Waals surface area contributed by atoms with Crippen molar-refractivity contribution in [1.82, 2.24) is 9.88 Å². The normalized spacial score (nSPS) is 25.3. The number of hydrogen-bond acceptors (Lipinski definition) is 4. The number of rotatable bonds is 1. The van der Waals surface area contributed by atoms with Crippen LogP contribution in [0, 0.1) is 5.92 Å². The molecule has 3 heterocycles. The minimum absolute atomic E-state index is 0.386. The molecule has 0 radical (unpaired) electrons. The third-order valence-electron chi connectivity index (χ3n) is 6.71. The van der Waals surface area contributed by atoms with Gasteiger partial charge in [-0.2, -0.15) is 0 Å². The monoisotopic (exact) mass is 406 g/mol. The van der Waals surface area contributed by atoms with Crippen molar-refractivity contribution < 1.29 is 9.53 Å². The van der Waals surface area contributed by atoms with E-state index in [0.717, 1.165) is 75.1 Å². The van der Waals surface area contributed by atoms with Gasteiger partial charge in [0.25, 0.3) is 0 Å². The molecule has 4 rings (SSSR count). The first-order chi connectivity index (χ1) is 14.8. The molecule has 0 aromatic carbocycles. The van der Waals surface area contributed by atoms with E-state index in [9.17, 15) is 4.79 Å². The topological polar surface area (TPSA) is 42.4 Å². The number of carbonyl (C=O) groups excluding carboxylic acids is 1. The standard InChI is InChI=1S/C26H34N2O2/c1-30-25-15-17-27-23-14-8-3-2-6-13-22-24(29)16-19-28-18-9-11-20(26(22)28)10-5-4-7-12-21(23)25/h2-5,15,17,20H,6-14,16,18-19H2,1H3/b3-2+,5-4+. The Bertz CT molecular complexity index is 853. The molecule has 1 unspecified atom stereocenters. The average molecular weight is 407 g/mol. The molecule has 0 bridgehead atoms. The lowest BCUT2D eigenvalue weighted by molar-refractivity contribution is -0.117. The number of nitrogens with zero attached hydrogens (tertiary/aromatic N) is 2.